The molecule has 0 aliphatic carbocycles. The number of ether oxygens (including phenoxy) is 2. The Morgan fingerprint density at radius 3 is 2.59 bits per heavy atom. The van der Waals surface area contributed by atoms with Crippen molar-refractivity contribution >= 4 is 34.2 Å². The van der Waals surface area contributed by atoms with Gasteiger partial charge in [0.1, 0.15) is 18.4 Å². The van der Waals surface area contributed by atoms with E-state index in [9.17, 15) is 4.79 Å². The number of amides is 1. The first-order valence-electron chi connectivity index (χ1n) is 12.7. The average molecular weight is 532 g/mol. The predicted octanol–water partition coefficient (Wildman–Crippen LogP) is 2.25. The zero-order valence-electron chi connectivity index (χ0n) is 21.7. The van der Waals surface area contributed by atoms with Crippen LogP contribution in [0.25, 0.3) is 28.3 Å². The highest BCUT2D eigenvalue weighted by Gasteiger charge is 2.27. The van der Waals surface area contributed by atoms with E-state index in [4.69, 9.17) is 19.6 Å². The summed E-state index contributed by atoms with van der Waals surface area (Å²) in [5.74, 6) is 1.86. The molecular weight excluding hydrogens is 502 g/mol. The summed E-state index contributed by atoms with van der Waals surface area (Å²) in [7, 11) is 1.65. The molecule has 1 amide bonds. The van der Waals surface area contributed by atoms with Crippen LogP contribution in [0.5, 0.6) is 5.75 Å². The number of carbonyl (C=O) groups excluding carboxylic acids is 1. The van der Waals surface area contributed by atoms with Crippen molar-refractivity contribution in [2.24, 2.45) is 0 Å². The molecule has 13 heteroatoms. The summed E-state index contributed by atoms with van der Waals surface area (Å²) in [6, 6.07) is 11.0. The number of nitrogens with two attached hydrogens (primary N) is 1. The monoisotopic (exact) mass is 531 g/mol. The number of benzene rings is 1. The highest BCUT2D eigenvalue weighted by molar-refractivity contribution is 5.90. The Morgan fingerprint density at radius 2 is 1.87 bits per heavy atom. The van der Waals surface area contributed by atoms with Crippen LogP contribution in [0.4, 0.5) is 11.6 Å². The highest BCUT2D eigenvalue weighted by atomic mass is 16.5. The van der Waals surface area contributed by atoms with E-state index in [0.29, 0.717) is 54.6 Å². The zero-order chi connectivity index (χ0) is 26.9. The van der Waals surface area contributed by atoms with Crippen LogP contribution in [-0.4, -0.2) is 86.7 Å². The summed E-state index contributed by atoms with van der Waals surface area (Å²) in [6.45, 7) is 5.59. The molecule has 39 heavy (non-hydrogen) atoms. The highest BCUT2D eigenvalue weighted by Crippen LogP contribution is 2.25. The van der Waals surface area contributed by atoms with Crippen LogP contribution in [0, 0.1) is 0 Å². The number of nitrogens with zero attached hydrogens (tertiary/aromatic N) is 8. The number of carbonyl (C=O) groups is 1. The van der Waals surface area contributed by atoms with Crippen LogP contribution >= 0.6 is 0 Å². The number of hydrogen-bond acceptors (Lipinski definition) is 10. The molecule has 1 atom stereocenters. The van der Waals surface area contributed by atoms with Crippen molar-refractivity contribution in [2.75, 3.05) is 57.1 Å². The number of anilines is 2. The molecule has 0 bridgehead atoms. The summed E-state index contributed by atoms with van der Waals surface area (Å²) in [6.07, 6.45) is 3.33. The zero-order valence-corrected chi connectivity index (χ0v) is 21.7. The van der Waals surface area contributed by atoms with Gasteiger partial charge in [0.2, 0.25) is 17.7 Å². The number of fused-ring (bicyclic) bond motifs is 3. The minimum Gasteiger partial charge on any atom is -0.491 e. The van der Waals surface area contributed by atoms with Gasteiger partial charge in [-0.25, -0.2) is 4.98 Å². The minimum absolute atomic E-state index is 0.00826. The largest absolute Gasteiger partial charge is 0.491 e. The third kappa shape index (κ3) is 4.72. The average Bonchev–Trinajstić information content (AvgIpc) is 3.73. The normalized spacial score (nSPS) is 14.8. The van der Waals surface area contributed by atoms with E-state index < -0.39 is 6.04 Å². The fourth-order valence-corrected chi connectivity index (χ4v) is 4.69. The molecule has 1 fully saturated rings. The van der Waals surface area contributed by atoms with Gasteiger partial charge in [0.05, 0.1) is 18.3 Å². The molecule has 1 aromatic carbocycles. The Kier molecular flexibility index (Phi) is 6.49. The molecule has 0 saturated carbocycles. The van der Waals surface area contributed by atoms with Crippen LogP contribution in [-0.2, 0) is 9.53 Å². The van der Waals surface area contributed by atoms with Gasteiger partial charge in [-0.15, -0.1) is 5.10 Å². The quantitative estimate of drug-likeness (QED) is 0.296. The van der Waals surface area contributed by atoms with Gasteiger partial charge in [-0.2, -0.15) is 14.6 Å². The van der Waals surface area contributed by atoms with Crippen molar-refractivity contribution in [1.29, 1.82) is 0 Å². The number of aromatic nitrogens is 6. The van der Waals surface area contributed by atoms with Gasteiger partial charge >= 0.3 is 0 Å². The standard InChI is InChI=1S/C26H29N9O4/c1-17(25(36)33-11-9-32(10-12-33)18-5-7-19(8-6-18)38-15-14-37-2)34-16-20-22(30-34)29-26(27)35-24(20)28-23(31-35)21-4-3-13-39-21/h3-8,13,16-17H,9-12,14-15H2,1-2H3,(H2,27,29,30)/t17-/m0/s1. The molecule has 1 aliphatic rings. The smallest absolute Gasteiger partial charge is 0.247 e. The van der Waals surface area contributed by atoms with E-state index in [-0.39, 0.29) is 11.9 Å². The first-order valence-corrected chi connectivity index (χ1v) is 12.7. The van der Waals surface area contributed by atoms with Crippen molar-refractivity contribution in [1.82, 2.24) is 34.3 Å². The topological polar surface area (TPSA) is 142 Å². The summed E-state index contributed by atoms with van der Waals surface area (Å²) in [4.78, 5) is 26.5. The molecule has 5 heterocycles. The SMILES string of the molecule is COCCOc1ccc(N2CCN(C(=O)[C@H](C)n3cc4c(nc(N)n5nc(-c6ccco6)nc45)n3)CC2)cc1. The third-order valence-electron chi connectivity index (χ3n) is 6.84. The molecular formula is C26H29N9O4. The van der Waals surface area contributed by atoms with Gasteiger partial charge in [0.15, 0.2) is 17.1 Å². The second kappa shape index (κ2) is 10.3. The number of rotatable bonds is 8. The fourth-order valence-electron chi connectivity index (χ4n) is 4.69. The molecule has 2 N–H and O–H groups in total. The third-order valence-corrected chi connectivity index (χ3v) is 6.84. The molecule has 0 spiro atoms. The number of methoxy groups -OCH3 is 1. The summed E-state index contributed by atoms with van der Waals surface area (Å²) in [5, 5.41) is 9.62. The lowest BCUT2D eigenvalue weighted by Gasteiger charge is -2.37. The van der Waals surface area contributed by atoms with Gasteiger partial charge in [-0.3, -0.25) is 9.48 Å². The molecule has 1 saturated heterocycles. The Labute approximate surface area is 223 Å². The molecule has 0 unspecified atom stereocenters. The Morgan fingerprint density at radius 1 is 1.08 bits per heavy atom. The van der Waals surface area contributed by atoms with Crippen LogP contribution < -0.4 is 15.4 Å². The Hall–Kier alpha value is -4.65. The van der Waals surface area contributed by atoms with Crippen LogP contribution in [0.1, 0.15) is 13.0 Å². The second-order valence-corrected chi connectivity index (χ2v) is 9.29. The van der Waals surface area contributed by atoms with Crippen LogP contribution in [0.2, 0.25) is 0 Å². The van der Waals surface area contributed by atoms with E-state index in [2.05, 4.69) is 25.1 Å². The van der Waals surface area contributed by atoms with Crippen molar-refractivity contribution in [3.63, 3.8) is 0 Å². The Bertz CT molecular complexity index is 1590. The lowest BCUT2D eigenvalue weighted by molar-refractivity contribution is -0.134. The van der Waals surface area contributed by atoms with E-state index in [1.54, 1.807) is 36.4 Å². The molecule has 5 aromatic rings. The molecule has 4 aromatic heterocycles. The van der Waals surface area contributed by atoms with E-state index in [0.717, 1.165) is 24.5 Å². The van der Waals surface area contributed by atoms with Gasteiger partial charge in [-0.1, -0.05) is 0 Å². The summed E-state index contributed by atoms with van der Waals surface area (Å²) in [5.41, 5.74) is 8.12. The molecule has 202 valence electrons. The lowest BCUT2D eigenvalue weighted by Crippen LogP contribution is -2.50. The van der Waals surface area contributed by atoms with Gasteiger partial charge in [-0.05, 0) is 43.3 Å². The Balaban J connectivity index is 1.14. The van der Waals surface area contributed by atoms with Gasteiger partial charge < -0.3 is 29.4 Å². The van der Waals surface area contributed by atoms with Crippen molar-refractivity contribution in [3.8, 4) is 17.3 Å². The first-order chi connectivity index (χ1) is 19.0. The minimum atomic E-state index is -0.525. The van der Waals surface area contributed by atoms with Crippen LogP contribution in [0.3, 0.4) is 0 Å². The maximum Gasteiger partial charge on any atom is 0.247 e. The maximum absolute atomic E-state index is 13.4. The van der Waals surface area contributed by atoms with Crippen molar-refractivity contribution in [2.45, 2.75) is 13.0 Å². The van der Waals surface area contributed by atoms with Gasteiger partial charge in [0, 0.05) is 45.2 Å². The van der Waals surface area contributed by atoms with Crippen molar-refractivity contribution in [3.05, 3.63) is 48.9 Å². The molecule has 1 aliphatic heterocycles. The number of nitrogen functional groups attached to an aromatic ring is 1. The second-order valence-electron chi connectivity index (χ2n) is 9.29. The number of hydrogen-bond donors (Lipinski definition) is 1. The first kappa shape index (κ1) is 24.7. The van der Waals surface area contributed by atoms with E-state index >= 15 is 0 Å². The van der Waals surface area contributed by atoms with Crippen LogP contribution in [0.15, 0.2) is 53.3 Å². The predicted molar refractivity (Wildman–Crippen MR) is 144 cm³/mol. The molecule has 0 radical (unpaired) electrons. The fraction of sp³-hybridized carbons (Fsp3) is 0.346. The maximum atomic E-state index is 13.4. The molecule has 13 nitrogen and oxygen atoms in total. The summed E-state index contributed by atoms with van der Waals surface area (Å²) >= 11 is 0. The molecule has 6 rings (SSSR count). The van der Waals surface area contributed by atoms with E-state index in [1.807, 2.05) is 36.1 Å². The number of piperazine rings is 1. The summed E-state index contributed by atoms with van der Waals surface area (Å²) < 4.78 is 19.2. The van der Waals surface area contributed by atoms with Gasteiger partial charge in [0.25, 0.3) is 0 Å². The number of furan rings is 1. The lowest BCUT2D eigenvalue weighted by atomic mass is 10.2. The van der Waals surface area contributed by atoms with E-state index in [1.165, 1.54) is 4.52 Å². The van der Waals surface area contributed by atoms with Crippen molar-refractivity contribution < 1.29 is 18.7 Å².